The van der Waals surface area contributed by atoms with Crippen molar-refractivity contribution < 1.29 is 9.53 Å². The van der Waals surface area contributed by atoms with Gasteiger partial charge in [0.2, 0.25) is 5.91 Å². The Balaban J connectivity index is 1.85. The van der Waals surface area contributed by atoms with E-state index >= 15 is 0 Å². The highest BCUT2D eigenvalue weighted by atomic mass is 16.5. The molecule has 1 aliphatic heterocycles. The highest BCUT2D eigenvalue weighted by molar-refractivity contribution is 5.78. The van der Waals surface area contributed by atoms with Gasteiger partial charge in [0.25, 0.3) is 0 Å². The van der Waals surface area contributed by atoms with Crippen LogP contribution in [0.2, 0.25) is 0 Å². The molecule has 0 saturated heterocycles. The Labute approximate surface area is 119 Å². The zero-order chi connectivity index (χ0) is 14.0. The lowest BCUT2D eigenvalue weighted by Gasteiger charge is -2.40. The monoisotopic (exact) mass is 274 g/mol. The molecule has 0 aromatic heterocycles. The second kappa shape index (κ2) is 5.44. The predicted molar refractivity (Wildman–Crippen MR) is 77.7 cm³/mol. The Morgan fingerprint density at radius 1 is 1.35 bits per heavy atom. The van der Waals surface area contributed by atoms with E-state index in [1.165, 1.54) is 12.8 Å². The van der Waals surface area contributed by atoms with Gasteiger partial charge >= 0.3 is 0 Å². The summed E-state index contributed by atoms with van der Waals surface area (Å²) >= 11 is 0. The molecule has 1 spiro atoms. The van der Waals surface area contributed by atoms with Gasteiger partial charge < -0.3 is 15.4 Å². The summed E-state index contributed by atoms with van der Waals surface area (Å²) in [5.74, 6) is 0.984. The number of carbonyl (C=O) groups excluding carboxylic acids is 1. The second-order valence-electron chi connectivity index (χ2n) is 5.88. The van der Waals surface area contributed by atoms with Crippen molar-refractivity contribution in [2.75, 3.05) is 13.6 Å². The van der Waals surface area contributed by atoms with E-state index in [9.17, 15) is 4.79 Å². The molecule has 2 N–H and O–H groups in total. The third-order valence-electron chi connectivity index (χ3n) is 4.38. The van der Waals surface area contributed by atoms with E-state index in [1.54, 1.807) is 7.05 Å². The van der Waals surface area contributed by atoms with Crippen molar-refractivity contribution in [2.24, 2.45) is 0 Å². The molecular formula is C16H22N2O2. The van der Waals surface area contributed by atoms with E-state index in [1.807, 2.05) is 18.2 Å². The van der Waals surface area contributed by atoms with Gasteiger partial charge in [-0.1, -0.05) is 18.2 Å². The van der Waals surface area contributed by atoms with Crippen molar-refractivity contribution in [1.29, 1.82) is 0 Å². The summed E-state index contributed by atoms with van der Waals surface area (Å²) < 4.78 is 6.29. The van der Waals surface area contributed by atoms with Crippen LogP contribution in [0.5, 0.6) is 5.75 Å². The minimum Gasteiger partial charge on any atom is -0.487 e. The first-order valence-corrected chi connectivity index (χ1v) is 7.44. The Hall–Kier alpha value is -1.55. The van der Waals surface area contributed by atoms with Gasteiger partial charge in [0.15, 0.2) is 0 Å². The number of fused-ring (bicyclic) bond motifs is 1. The minimum atomic E-state index is -0.0635. The van der Waals surface area contributed by atoms with Crippen molar-refractivity contribution in [3.63, 3.8) is 0 Å². The van der Waals surface area contributed by atoms with E-state index in [0.29, 0.717) is 6.54 Å². The van der Waals surface area contributed by atoms with E-state index < -0.39 is 0 Å². The molecule has 20 heavy (non-hydrogen) atoms. The summed E-state index contributed by atoms with van der Waals surface area (Å²) in [4.78, 5) is 11.9. The summed E-state index contributed by atoms with van der Waals surface area (Å²) in [5, 5.41) is 6.04. The van der Waals surface area contributed by atoms with Crippen LogP contribution in [0, 0.1) is 0 Å². The van der Waals surface area contributed by atoms with Crippen molar-refractivity contribution in [1.82, 2.24) is 10.6 Å². The van der Waals surface area contributed by atoms with E-state index in [0.717, 1.165) is 30.6 Å². The lowest BCUT2D eigenvalue weighted by molar-refractivity contribution is -0.121. The van der Waals surface area contributed by atoms with Crippen LogP contribution >= 0.6 is 0 Å². The minimum absolute atomic E-state index is 0.0438. The van der Waals surface area contributed by atoms with Gasteiger partial charge in [-0.05, 0) is 38.8 Å². The fraction of sp³-hybridized carbons (Fsp3) is 0.562. The van der Waals surface area contributed by atoms with Crippen LogP contribution in [0.25, 0.3) is 0 Å². The zero-order valence-electron chi connectivity index (χ0n) is 11.9. The topological polar surface area (TPSA) is 50.4 Å². The number of para-hydroxylation sites is 1. The molecule has 1 aromatic rings. The maximum absolute atomic E-state index is 11.9. The molecule has 1 fully saturated rings. The fourth-order valence-electron chi connectivity index (χ4n) is 3.48. The molecule has 0 radical (unpaired) electrons. The lowest BCUT2D eigenvalue weighted by Crippen LogP contribution is -2.44. The third-order valence-corrected chi connectivity index (χ3v) is 4.38. The number of likely N-dealkylation sites (N-methyl/N-ethyl adjacent to an activating group) is 1. The SMILES string of the molecule is CNCC(=O)NC1CC2(CCCC2)Oc2ccccc21. The average molecular weight is 274 g/mol. The molecule has 3 rings (SSSR count). The van der Waals surface area contributed by atoms with Crippen LogP contribution in [0.3, 0.4) is 0 Å². The van der Waals surface area contributed by atoms with Gasteiger partial charge in [-0.2, -0.15) is 0 Å². The number of ether oxygens (including phenoxy) is 1. The lowest BCUT2D eigenvalue weighted by atomic mass is 9.86. The highest BCUT2D eigenvalue weighted by Gasteiger charge is 2.43. The van der Waals surface area contributed by atoms with Crippen molar-refractivity contribution >= 4 is 5.91 Å². The van der Waals surface area contributed by atoms with Crippen LogP contribution in [-0.2, 0) is 4.79 Å². The molecule has 0 bridgehead atoms. The summed E-state index contributed by atoms with van der Waals surface area (Å²) in [6.07, 6.45) is 5.53. The highest BCUT2D eigenvalue weighted by Crippen LogP contribution is 2.46. The maximum Gasteiger partial charge on any atom is 0.234 e. The number of amides is 1. The molecule has 108 valence electrons. The maximum atomic E-state index is 11.9. The number of rotatable bonds is 3. The van der Waals surface area contributed by atoms with Crippen molar-refractivity contribution in [2.45, 2.75) is 43.7 Å². The molecule has 1 heterocycles. The molecule has 2 aliphatic rings. The summed E-state index contributed by atoms with van der Waals surface area (Å²) in [6.45, 7) is 0.354. The molecular weight excluding hydrogens is 252 g/mol. The normalized spacial score (nSPS) is 23.1. The summed E-state index contributed by atoms with van der Waals surface area (Å²) in [5.41, 5.74) is 1.04. The van der Waals surface area contributed by atoms with Gasteiger partial charge in [0.05, 0.1) is 12.6 Å². The fourth-order valence-corrected chi connectivity index (χ4v) is 3.48. The van der Waals surface area contributed by atoms with Gasteiger partial charge in [0.1, 0.15) is 11.4 Å². The number of nitrogens with one attached hydrogen (secondary N) is 2. The van der Waals surface area contributed by atoms with Crippen molar-refractivity contribution in [3.05, 3.63) is 29.8 Å². The Morgan fingerprint density at radius 2 is 2.10 bits per heavy atom. The standard InChI is InChI=1S/C16H22N2O2/c1-17-11-15(19)18-13-10-16(8-4-5-9-16)20-14-7-3-2-6-12(13)14/h2-3,6-7,13,17H,4-5,8-11H2,1H3,(H,18,19). The Bertz CT molecular complexity index is 495. The van der Waals surface area contributed by atoms with Crippen LogP contribution in [0.1, 0.15) is 43.7 Å². The van der Waals surface area contributed by atoms with Gasteiger partial charge in [-0.3, -0.25) is 4.79 Å². The van der Waals surface area contributed by atoms with Gasteiger partial charge in [0, 0.05) is 12.0 Å². The Kier molecular flexibility index (Phi) is 3.66. The molecule has 1 aliphatic carbocycles. The van der Waals surface area contributed by atoms with Crippen LogP contribution in [0.15, 0.2) is 24.3 Å². The van der Waals surface area contributed by atoms with Crippen LogP contribution in [0.4, 0.5) is 0 Å². The van der Waals surface area contributed by atoms with Crippen LogP contribution < -0.4 is 15.4 Å². The summed E-state index contributed by atoms with van der Waals surface area (Å²) in [7, 11) is 1.79. The van der Waals surface area contributed by atoms with Crippen LogP contribution in [-0.4, -0.2) is 25.1 Å². The zero-order valence-corrected chi connectivity index (χ0v) is 11.9. The average Bonchev–Trinajstić information content (AvgIpc) is 2.87. The second-order valence-corrected chi connectivity index (χ2v) is 5.88. The number of hydrogen-bond donors (Lipinski definition) is 2. The number of benzene rings is 1. The first-order chi connectivity index (χ1) is 9.72. The molecule has 1 saturated carbocycles. The molecule has 4 nitrogen and oxygen atoms in total. The molecule has 1 amide bonds. The van der Waals surface area contributed by atoms with Crippen molar-refractivity contribution in [3.8, 4) is 5.75 Å². The predicted octanol–water partition coefficient (Wildman–Crippen LogP) is 2.16. The summed E-state index contributed by atoms with van der Waals surface area (Å²) in [6, 6.07) is 8.15. The van der Waals surface area contributed by atoms with E-state index in [4.69, 9.17) is 4.74 Å². The number of hydrogen-bond acceptors (Lipinski definition) is 3. The van der Waals surface area contributed by atoms with E-state index in [2.05, 4.69) is 16.7 Å². The van der Waals surface area contributed by atoms with Gasteiger partial charge in [-0.15, -0.1) is 0 Å². The molecule has 1 unspecified atom stereocenters. The van der Waals surface area contributed by atoms with Gasteiger partial charge in [-0.25, -0.2) is 0 Å². The first kappa shape index (κ1) is 13.4. The quantitative estimate of drug-likeness (QED) is 0.888. The third kappa shape index (κ3) is 2.52. The van der Waals surface area contributed by atoms with E-state index in [-0.39, 0.29) is 17.6 Å². The molecule has 4 heteroatoms. The Morgan fingerprint density at radius 3 is 2.85 bits per heavy atom. The number of carbonyl (C=O) groups is 1. The first-order valence-electron chi connectivity index (χ1n) is 7.44. The molecule has 1 aromatic carbocycles. The largest absolute Gasteiger partial charge is 0.487 e. The smallest absolute Gasteiger partial charge is 0.234 e. The molecule has 1 atom stereocenters.